The normalized spacial score (nSPS) is 25.9. The van der Waals surface area contributed by atoms with Crippen molar-refractivity contribution in [2.75, 3.05) is 26.2 Å². The molecule has 0 spiro atoms. The van der Waals surface area contributed by atoms with Gasteiger partial charge in [0, 0.05) is 23.9 Å². The molecule has 14 heteroatoms. The number of carbonyl (C=O) groups excluding carboxylic acids is 4. The number of rotatable bonds is 12. The highest BCUT2D eigenvalue weighted by Gasteiger charge is 2.70. The molecule has 54 heavy (non-hydrogen) atoms. The number of unbranched alkanes of at least 4 members (excludes halogenated alkanes) is 2. The van der Waals surface area contributed by atoms with Gasteiger partial charge in [-0.25, -0.2) is 0 Å². The lowest BCUT2D eigenvalue weighted by Gasteiger charge is -2.50. The van der Waals surface area contributed by atoms with Crippen LogP contribution in [0.5, 0.6) is 17.2 Å². The second-order valence-electron chi connectivity index (χ2n) is 14.2. The summed E-state index contributed by atoms with van der Waals surface area (Å²) in [5, 5.41) is 21.7. The van der Waals surface area contributed by atoms with Crippen molar-refractivity contribution < 1.29 is 43.7 Å². The van der Waals surface area contributed by atoms with Gasteiger partial charge in [0.25, 0.3) is 11.8 Å². The molecule has 6 atom stereocenters. The molecule has 4 aliphatic rings. The summed E-state index contributed by atoms with van der Waals surface area (Å²) < 4.78 is 10.8. The number of halogens is 2. The molecule has 3 fully saturated rings. The van der Waals surface area contributed by atoms with E-state index in [1.54, 1.807) is 48.5 Å². The van der Waals surface area contributed by atoms with Crippen LogP contribution in [0.25, 0.3) is 0 Å². The maximum atomic E-state index is 15.3. The molecule has 7 rings (SSSR count). The monoisotopic (exact) mass is 775 g/mol. The third-order valence-corrected chi connectivity index (χ3v) is 12.0. The quantitative estimate of drug-likeness (QED) is 0.107. The average molecular weight is 777 g/mol. The number of phenolic OH excluding ortho intramolecular Hbond substituents is 1. The van der Waals surface area contributed by atoms with Crippen molar-refractivity contribution in [1.82, 2.24) is 9.91 Å². The van der Waals surface area contributed by atoms with E-state index in [4.69, 9.17) is 37.8 Å². The number of carbonyl (C=O) groups is 5. The van der Waals surface area contributed by atoms with Gasteiger partial charge in [-0.15, -0.1) is 0 Å². The summed E-state index contributed by atoms with van der Waals surface area (Å²) in [6.45, 7) is 0.165. The number of methoxy groups -OCH3 is 2. The van der Waals surface area contributed by atoms with Crippen LogP contribution in [0.4, 0.5) is 5.69 Å². The molecule has 0 radical (unpaired) electrons. The lowest BCUT2D eigenvalue weighted by atomic mass is 9.49. The summed E-state index contributed by atoms with van der Waals surface area (Å²) in [6, 6.07) is 16.5. The van der Waals surface area contributed by atoms with Crippen LogP contribution in [0.15, 0.2) is 72.3 Å². The number of benzene rings is 3. The summed E-state index contributed by atoms with van der Waals surface area (Å²) in [6.07, 6.45) is 3.70. The number of ether oxygens (including phenoxy) is 2. The van der Waals surface area contributed by atoms with E-state index in [0.717, 1.165) is 10.6 Å². The van der Waals surface area contributed by atoms with E-state index in [-0.39, 0.29) is 59.8 Å². The molecule has 0 bridgehead atoms. The molecule has 2 saturated heterocycles. The minimum Gasteiger partial charge on any atom is -0.504 e. The SMILES string of the molecule is COc1ccc(C23C(=O)N(Nc4ccc(Cl)cc4Cl)C(=O)C2CC2C(=CCC4C(=O)N(CCCCCC(=O)O)C(=O)C42)C3c2ccc(OC)c(O)c2)cc1. The Morgan fingerprint density at radius 2 is 1.67 bits per heavy atom. The van der Waals surface area contributed by atoms with Crippen LogP contribution in [0.2, 0.25) is 10.0 Å². The number of carboxylic acids is 1. The van der Waals surface area contributed by atoms with Crippen molar-refractivity contribution in [1.29, 1.82) is 0 Å². The largest absolute Gasteiger partial charge is 0.504 e. The zero-order valence-electron chi connectivity index (χ0n) is 29.6. The van der Waals surface area contributed by atoms with E-state index in [9.17, 15) is 24.3 Å². The number of anilines is 1. The highest BCUT2D eigenvalue weighted by atomic mass is 35.5. The predicted octanol–water partition coefficient (Wildman–Crippen LogP) is 6.35. The first-order valence-corrected chi connectivity index (χ1v) is 18.6. The number of carboxylic acid groups (broad SMARTS) is 1. The zero-order chi connectivity index (χ0) is 38.5. The van der Waals surface area contributed by atoms with Gasteiger partial charge in [0.15, 0.2) is 11.5 Å². The number of imide groups is 2. The third-order valence-electron chi connectivity index (χ3n) is 11.5. The number of allylic oxidation sites excluding steroid dienone is 2. The first-order valence-electron chi connectivity index (χ1n) is 17.8. The van der Waals surface area contributed by atoms with Crippen LogP contribution in [-0.2, 0) is 29.4 Å². The average Bonchev–Trinajstić information content (AvgIpc) is 3.52. The van der Waals surface area contributed by atoms with E-state index < -0.39 is 52.8 Å². The number of likely N-dealkylation sites (tertiary alicyclic amines) is 1. The molecule has 3 aromatic rings. The van der Waals surface area contributed by atoms with Crippen LogP contribution in [-0.4, -0.2) is 70.5 Å². The van der Waals surface area contributed by atoms with Gasteiger partial charge in [0.2, 0.25) is 11.8 Å². The van der Waals surface area contributed by atoms with Crippen LogP contribution >= 0.6 is 23.2 Å². The Bertz CT molecular complexity index is 2070. The van der Waals surface area contributed by atoms with Gasteiger partial charge in [-0.2, -0.15) is 5.01 Å². The van der Waals surface area contributed by atoms with Crippen molar-refractivity contribution in [3.8, 4) is 17.2 Å². The highest BCUT2D eigenvalue weighted by molar-refractivity contribution is 6.36. The molecular weight excluding hydrogens is 737 g/mol. The maximum Gasteiger partial charge on any atom is 0.303 e. The molecule has 1 saturated carbocycles. The summed E-state index contributed by atoms with van der Waals surface area (Å²) in [7, 11) is 2.95. The van der Waals surface area contributed by atoms with E-state index in [0.29, 0.717) is 41.2 Å². The Kier molecular flexibility index (Phi) is 10.1. The molecule has 3 aromatic carbocycles. The molecule has 0 aromatic heterocycles. The Balaban J connectivity index is 1.37. The summed E-state index contributed by atoms with van der Waals surface area (Å²) in [5.41, 5.74) is 3.43. The first kappa shape index (κ1) is 37.3. The molecular formula is C40H39Cl2N3O9. The molecule has 282 valence electrons. The molecule has 3 N–H and O–H groups in total. The van der Waals surface area contributed by atoms with Gasteiger partial charge in [-0.05, 0) is 85.2 Å². The van der Waals surface area contributed by atoms with Gasteiger partial charge in [0.05, 0.1) is 48.1 Å². The summed E-state index contributed by atoms with van der Waals surface area (Å²) in [4.78, 5) is 70.6. The van der Waals surface area contributed by atoms with Crippen LogP contribution in [0.1, 0.15) is 55.6 Å². The maximum absolute atomic E-state index is 15.3. The van der Waals surface area contributed by atoms with Crippen molar-refractivity contribution >= 4 is 58.5 Å². The number of aromatic hydroxyl groups is 1. The Morgan fingerprint density at radius 3 is 2.33 bits per heavy atom. The fourth-order valence-corrected chi connectivity index (χ4v) is 9.56. The lowest BCUT2D eigenvalue weighted by molar-refractivity contribution is -0.141. The highest BCUT2D eigenvalue weighted by Crippen LogP contribution is 2.64. The zero-order valence-corrected chi connectivity index (χ0v) is 31.1. The van der Waals surface area contributed by atoms with Crippen molar-refractivity contribution in [2.45, 2.75) is 49.9 Å². The Morgan fingerprint density at radius 1 is 0.907 bits per heavy atom. The number of amides is 4. The third kappa shape index (κ3) is 6.05. The number of hydrogen-bond donors (Lipinski definition) is 3. The first-order chi connectivity index (χ1) is 25.9. The van der Waals surface area contributed by atoms with E-state index in [2.05, 4.69) is 5.43 Å². The number of nitrogens with one attached hydrogen (secondary N) is 1. The van der Waals surface area contributed by atoms with Crippen LogP contribution in [0.3, 0.4) is 0 Å². The van der Waals surface area contributed by atoms with Gasteiger partial charge in [0.1, 0.15) is 5.75 Å². The van der Waals surface area contributed by atoms with Crippen molar-refractivity contribution in [3.63, 3.8) is 0 Å². The summed E-state index contributed by atoms with van der Waals surface area (Å²) >= 11 is 12.7. The number of phenols is 1. The van der Waals surface area contributed by atoms with Gasteiger partial charge in [-0.1, -0.05) is 59.5 Å². The minimum absolute atomic E-state index is 0.00494. The fourth-order valence-electron chi connectivity index (χ4n) is 9.11. The Labute approximate surface area is 321 Å². The number of fused-ring (bicyclic) bond motifs is 4. The van der Waals surface area contributed by atoms with Gasteiger partial charge < -0.3 is 19.7 Å². The van der Waals surface area contributed by atoms with Crippen LogP contribution < -0.4 is 14.9 Å². The number of hydrogen-bond acceptors (Lipinski definition) is 9. The molecule has 2 aliphatic carbocycles. The Hall–Kier alpha value is -5.07. The van der Waals surface area contributed by atoms with Gasteiger partial charge in [-0.3, -0.25) is 34.3 Å². The van der Waals surface area contributed by atoms with E-state index >= 15 is 4.79 Å². The number of nitrogens with zero attached hydrogens (tertiary/aromatic N) is 2. The molecule has 6 unspecified atom stereocenters. The fraction of sp³-hybridized carbons (Fsp3) is 0.375. The second-order valence-corrected chi connectivity index (χ2v) is 15.0. The molecule has 12 nitrogen and oxygen atoms in total. The smallest absolute Gasteiger partial charge is 0.303 e. The lowest BCUT2D eigenvalue weighted by Crippen LogP contribution is -2.53. The van der Waals surface area contributed by atoms with E-state index in [1.165, 1.54) is 31.3 Å². The number of hydrazine groups is 1. The number of aliphatic carboxylic acids is 1. The van der Waals surface area contributed by atoms with E-state index in [1.807, 2.05) is 6.08 Å². The van der Waals surface area contributed by atoms with Crippen LogP contribution in [0, 0.1) is 23.7 Å². The standard InChI is InChI=1S/C40H39Cl2N3O9/c1-53-24-11-8-22(9-12-24)40-28(37(50)45(39(40)52)43-30-15-10-23(41)19-29(30)42)20-27-25(35(40)21-7-16-32(54-2)31(46)18-21)13-14-26-34(27)38(51)44(36(26)49)17-5-3-4-6-33(47)48/h7-13,15-16,18-19,26-28,34-35,43,46H,3-6,14,17,20H2,1-2H3,(H,47,48). The second kappa shape index (κ2) is 14.6. The molecule has 2 aliphatic heterocycles. The topological polar surface area (TPSA) is 163 Å². The minimum atomic E-state index is -1.58. The summed E-state index contributed by atoms with van der Waals surface area (Å²) in [5.74, 6) is -6.00. The molecule has 4 amide bonds. The van der Waals surface area contributed by atoms with Gasteiger partial charge >= 0.3 is 5.97 Å². The van der Waals surface area contributed by atoms with Crippen molar-refractivity contribution in [2.24, 2.45) is 23.7 Å². The van der Waals surface area contributed by atoms with Crippen molar-refractivity contribution in [3.05, 3.63) is 93.5 Å². The predicted molar refractivity (Wildman–Crippen MR) is 198 cm³/mol. The molecule has 2 heterocycles.